The number of phenolic OH excluding ortho intramolecular Hbond substituents is 1. The molecule has 2 N–H and O–H groups in total. The molecule has 0 amide bonds. The largest absolute Gasteiger partial charge is 0.508 e. The third-order valence-corrected chi connectivity index (χ3v) is 4.18. The van der Waals surface area contributed by atoms with Crippen LogP contribution in [-0.4, -0.2) is 13.5 Å². The second-order valence-corrected chi connectivity index (χ2v) is 6.68. The first-order valence-electron chi connectivity index (χ1n) is 5.49. The Morgan fingerprint density at radius 1 is 1.11 bits per heavy atom. The monoisotopic (exact) mass is 341 g/mol. The fourth-order valence-corrected chi connectivity index (χ4v) is 3.04. The number of hydrogen-bond acceptors (Lipinski definition) is 3. The highest BCUT2D eigenvalue weighted by Crippen LogP contribution is 2.18. The van der Waals surface area contributed by atoms with E-state index in [-0.39, 0.29) is 11.5 Å². The van der Waals surface area contributed by atoms with Crippen LogP contribution in [0.4, 0.5) is 5.69 Å². The first-order valence-corrected chi connectivity index (χ1v) is 7.93. The summed E-state index contributed by atoms with van der Waals surface area (Å²) >= 11 is 3.29. The molecule has 4 nitrogen and oxygen atoms in total. The van der Waals surface area contributed by atoms with Gasteiger partial charge >= 0.3 is 0 Å². The van der Waals surface area contributed by atoms with E-state index >= 15 is 0 Å². The number of halogens is 1. The quantitative estimate of drug-likeness (QED) is 0.897. The van der Waals surface area contributed by atoms with Crippen LogP contribution in [0.1, 0.15) is 5.56 Å². The van der Waals surface area contributed by atoms with E-state index in [1.165, 1.54) is 12.1 Å². The van der Waals surface area contributed by atoms with E-state index in [1.807, 2.05) is 0 Å². The van der Waals surface area contributed by atoms with Crippen LogP contribution in [0.3, 0.4) is 0 Å². The van der Waals surface area contributed by atoms with Gasteiger partial charge in [0.25, 0.3) is 0 Å². The standard InChI is InChI=1S/C13H12BrNO3S/c14-11-6-4-10(5-7-11)9-19(17,18)15-12-2-1-3-13(16)8-12/h1-8,15-16H,9H2. The second kappa shape index (κ2) is 5.63. The highest BCUT2D eigenvalue weighted by atomic mass is 79.9. The van der Waals surface area contributed by atoms with Crippen molar-refractivity contribution in [3.63, 3.8) is 0 Å². The van der Waals surface area contributed by atoms with Crippen LogP contribution in [0.25, 0.3) is 0 Å². The molecule has 6 heteroatoms. The van der Waals surface area contributed by atoms with Gasteiger partial charge in [0, 0.05) is 10.5 Å². The Balaban J connectivity index is 2.13. The number of aromatic hydroxyl groups is 1. The van der Waals surface area contributed by atoms with Gasteiger partial charge in [-0.1, -0.05) is 34.1 Å². The van der Waals surface area contributed by atoms with Gasteiger partial charge < -0.3 is 5.11 Å². The van der Waals surface area contributed by atoms with Crippen LogP contribution < -0.4 is 4.72 Å². The van der Waals surface area contributed by atoms with Crippen LogP contribution in [0.15, 0.2) is 53.0 Å². The number of sulfonamides is 1. The van der Waals surface area contributed by atoms with Crippen LogP contribution in [0, 0.1) is 0 Å². The topological polar surface area (TPSA) is 66.4 Å². The van der Waals surface area contributed by atoms with Crippen molar-refractivity contribution in [2.75, 3.05) is 4.72 Å². The van der Waals surface area contributed by atoms with E-state index in [0.29, 0.717) is 11.3 Å². The predicted molar refractivity (Wildman–Crippen MR) is 78.5 cm³/mol. The molecule has 2 rings (SSSR count). The van der Waals surface area contributed by atoms with E-state index in [0.717, 1.165) is 4.47 Å². The molecule has 2 aromatic carbocycles. The highest BCUT2D eigenvalue weighted by Gasteiger charge is 2.11. The third-order valence-electron chi connectivity index (χ3n) is 2.39. The molecule has 0 unspecified atom stereocenters. The van der Waals surface area contributed by atoms with E-state index in [9.17, 15) is 13.5 Å². The molecule has 0 bridgehead atoms. The van der Waals surface area contributed by atoms with E-state index in [4.69, 9.17) is 0 Å². The van der Waals surface area contributed by atoms with E-state index < -0.39 is 10.0 Å². The van der Waals surface area contributed by atoms with Gasteiger partial charge in [-0.2, -0.15) is 0 Å². The number of anilines is 1. The van der Waals surface area contributed by atoms with Crippen molar-refractivity contribution in [1.29, 1.82) is 0 Å². The van der Waals surface area contributed by atoms with Gasteiger partial charge in [-0.05, 0) is 29.8 Å². The summed E-state index contributed by atoms with van der Waals surface area (Å²) in [6.45, 7) is 0. The summed E-state index contributed by atoms with van der Waals surface area (Å²) in [6, 6.07) is 13.1. The van der Waals surface area contributed by atoms with Gasteiger partial charge in [-0.3, -0.25) is 4.72 Å². The van der Waals surface area contributed by atoms with Gasteiger partial charge in [0.05, 0.1) is 11.4 Å². The van der Waals surface area contributed by atoms with Gasteiger partial charge in [-0.25, -0.2) is 8.42 Å². The number of hydrogen-bond donors (Lipinski definition) is 2. The molecule has 0 aromatic heterocycles. The Morgan fingerprint density at radius 3 is 2.42 bits per heavy atom. The first-order chi connectivity index (χ1) is 8.94. The number of phenols is 1. The van der Waals surface area contributed by atoms with Crippen LogP contribution in [0.5, 0.6) is 5.75 Å². The Labute approximate surface area is 120 Å². The van der Waals surface area contributed by atoms with Crippen LogP contribution in [0.2, 0.25) is 0 Å². The molecule has 19 heavy (non-hydrogen) atoms. The van der Waals surface area contributed by atoms with Crippen LogP contribution >= 0.6 is 15.9 Å². The summed E-state index contributed by atoms with van der Waals surface area (Å²) < 4.78 is 27.2. The zero-order valence-electron chi connectivity index (χ0n) is 9.88. The zero-order valence-corrected chi connectivity index (χ0v) is 12.3. The second-order valence-electron chi connectivity index (χ2n) is 4.04. The molecule has 0 radical (unpaired) electrons. The maximum atomic E-state index is 12.0. The molecule has 0 atom stereocenters. The Morgan fingerprint density at radius 2 is 1.79 bits per heavy atom. The summed E-state index contributed by atoms with van der Waals surface area (Å²) in [7, 11) is -3.49. The van der Waals surface area contributed by atoms with Crippen LogP contribution in [-0.2, 0) is 15.8 Å². The molecule has 0 aliphatic carbocycles. The Kier molecular flexibility index (Phi) is 4.11. The molecule has 0 aliphatic rings. The fourth-order valence-electron chi connectivity index (χ4n) is 1.59. The van der Waals surface area contributed by atoms with Gasteiger partial charge in [0.1, 0.15) is 5.75 Å². The molecular formula is C13H12BrNO3S. The minimum Gasteiger partial charge on any atom is -0.508 e. The lowest BCUT2D eigenvalue weighted by Gasteiger charge is -2.08. The summed E-state index contributed by atoms with van der Waals surface area (Å²) in [5, 5.41) is 9.29. The Hall–Kier alpha value is -1.53. The maximum absolute atomic E-state index is 12.0. The van der Waals surface area contributed by atoms with Crippen molar-refractivity contribution in [1.82, 2.24) is 0 Å². The summed E-state index contributed by atoms with van der Waals surface area (Å²) in [5.74, 6) is -0.0977. The third kappa shape index (κ3) is 4.25. The van der Waals surface area contributed by atoms with Crippen molar-refractivity contribution in [2.24, 2.45) is 0 Å². The minimum atomic E-state index is -3.49. The molecule has 0 saturated carbocycles. The molecule has 0 aliphatic heterocycles. The predicted octanol–water partition coefficient (Wildman–Crippen LogP) is 3.10. The first kappa shape index (κ1) is 13.9. The molecule has 0 spiro atoms. The number of nitrogens with one attached hydrogen (secondary N) is 1. The lowest BCUT2D eigenvalue weighted by Crippen LogP contribution is -2.14. The van der Waals surface area contributed by atoms with Crippen molar-refractivity contribution >= 4 is 31.6 Å². The minimum absolute atomic E-state index is 0.0174. The number of benzene rings is 2. The Bertz CT molecular complexity index is 669. The van der Waals surface area contributed by atoms with Crippen molar-refractivity contribution in [3.05, 3.63) is 58.6 Å². The van der Waals surface area contributed by atoms with Gasteiger partial charge in [-0.15, -0.1) is 0 Å². The molecular weight excluding hydrogens is 330 g/mol. The lowest BCUT2D eigenvalue weighted by atomic mass is 10.2. The average molecular weight is 342 g/mol. The lowest BCUT2D eigenvalue weighted by molar-refractivity contribution is 0.475. The summed E-state index contributed by atoms with van der Waals surface area (Å²) in [4.78, 5) is 0. The molecule has 0 fully saturated rings. The number of rotatable bonds is 4. The summed E-state index contributed by atoms with van der Waals surface area (Å²) in [6.07, 6.45) is 0. The van der Waals surface area contributed by atoms with Crippen molar-refractivity contribution in [3.8, 4) is 5.75 Å². The van der Waals surface area contributed by atoms with Crippen molar-refractivity contribution < 1.29 is 13.5 Å². The fraction of sp³-hybridized carbons (Fsp3) is 0.0769. The smallest absolute Gasteiger partial charge is 0.236 e. The zero-order chi connectivity index (χ0) is 13.9. The molecule has 0 saturated heterocycles. The average Bonchev–Trinajstić information content (AvgIpc) is 2.31. The normalized spacial score (nSPS) is 11.2. The van der Waals surface area contributed by atoms with Gasteiger partial charge in [0.2, 0.25) is 10.0 Å². The summed E-state index contributed by atoms with van der Waals surface area (Å²) in [5.41, 5.74) is 1.04. The van der Waals surface area contributed by atoms with E-state index in [2.05, 4.69) is 20.7 Å². The van der Waals surface area contributed by atoms with Crippen molar-refractivity contribution in [2.45, 2.75) is 5.75 Å². The van der Waals surface area contributed by atoms with Gasteiger partial charge in [0.15, 0.2) is 0 Å². The molecule has 100 valence electrons. The highest BCUT2D eigenvalue weighted by molar-refractivity contribution is 9.10. The SMILES string of the molecule is O=S(=O)(Cc1ccc(Br)cc1)Nc1cccc(O)c1. The molecule has 2 aromatic rings. The molecule has 0 heterocycles. The van der Waals surface area contributed by atoms with E-state index in [1.54, 1.807) is 36.4 Å². The maximum Gasteiger partial charge on any atom is 0.236 e.